The molecule has 0 aliphatic carbocycles. The number of rotatable bonds is 8. The van der Waals surface area contributed by atoms with Crippen LogP contribution in [0.1, 0.15) is 31.9 Å². The fraction of sp³-hybridized carbons (Fsp3) is 0.407. The standard InChI is InChI=1S/C27H29ClF2N4O5S2/c1-26(2,3)39-25(35)34(23-11-40-16-32-23)41(36,37)24-21(29)7-18(8-22(24)30)31-9-19-17(5-4-6-20(19)28)10-33-12-27(13-33)14-38-15-27/h4-8,11,16,31H,9-10,12-15H2,1-3H3. The van der Waals surface area contributed by atoms with Crippen molar-refractivity contribution in [1.82, 2.24) is 9.88 Å². The summed E-state index contributed by atoms with van der Waals surface area (Å²) in [5.74, 6) is -3.11. The van der Waals surface area contributed by atoms with E-state index in [-0.39, 0.29) is 27.8 Å². The van der Waals surface area contributed by atoms with E-state index in [0.717, 1.165) is 60.9 Å². The van der Waals surface area contributed by atoms with E-state index in [1.165, 1.54) is 31.7 Å². The second-order valence-electron chi connectivity index (χ2n) is 11.2. The number of nitrogens with one attached hydrogen (secondary N) is 1. The van der Waals surface area contributed by atoms with Gasteiger partial charge < -0.3 is 14.8 Å². The first-order valence-corrected chi connectivity index (χ1v) is 15.5. The SMILES string of the molecule is CC(C)(C)OC(=O)N(c1cscn1)S(=O)(=O)c1c(F)cc(NCc2c(Cl)cccc2CN2CC3(COC3)C2)cc1F. The van der Waals surface area contributed by atoms with Gasteiger partial charge in [-0.05, 0) is 50.1 Å². The predicted molar refractivity (Wildman–Crippen MR) is 152 cm³/mol. The van der Waals surface area contributed by atoms with E-state index in [1.54, 1.807) is 6.07 Å². The average molecular weight is 627 g/mol. The van der Waals surface area contributed by atoms with Crippen LogP contribution >= 0.6 is 22.9 Å². The molecular formula is C27H29ClF2N4O5S2. The fourth-order valence-corrected chi connectivity index (χ4v) is 7.11. The van der Waals surface area contributed by atoms with Gasteiger partial charge in [0.2, 0.25) is 0 Å². The molecule has 0 unspecified atom stereocenters. The third-order valence-corrected chi connectivity index (χ3v) is 9.35. The summed E-state index contributed by atoms with van der Waals surface area (Å²) in [7, 11) is -5.08. The Hall–Kier alpha value is -2.84. The molecule has 0 radical (unpaired) electrons. The number of hydrogen-bond acceptors (Lipinski definition) is 9. The van der Waals surface area contributed by atoms with E-state index in [2.05, 4.69) is 15.2 Å². The van der Waals surface area contributed by atoms with Crippen LogP contribution in [0, 0.1) is 17.0 Å². The number of benzene rings is 2. The van der Waals surface area contributed by atoms with Crippen LogP contribution in [-0.4, -0.2) is 56.3 Å². The largest absolute Gasteiger partial charge is 0.443 e. The van der Waals surface area contributed by atoms with Crippen LogP contribution in [0.25, 0.3) is 0 Å². The molecule has 2 aliphatic rings. The Bertz CT molecular complexity index is 1530. The lowest BCUT2D eigenvalue weighted by Crippen LogP contribution is -2.65. The molecule has 1 N–H and O–H groups in total. The molecular weight excluding hydrogens is 598 g/mol. The Labute approximate surface area is 246 Å². The molecule has 9 nitrogen and oxygen atoms in total. The number of amides is 1. The lowest BCUT2D eigenvalue weighted by atomic mass is 9.78. The second kappa shape index (κ2) is 11.1. The van der Waals surface area contributed by atoms with Crippen LogP contribution < -0.4 is 9.62 Å². The number of halogens is 3. The molecule has 14 heteroatoms. The number of carbonyl (C=O) groups excluding carboxylic acids is 1. The van der Waals surface area contributed by atoms with Gasteiger partial charge in [-0.2, -0.15) is 0 Å². The minimum Gasteiger partial charge on any atom is -0.443 e. The quantitative estimate of drug-likeness (QED) is 0.342. The summed E-state index contributed by atoms with van der Waals surface area (Å²) < 4.78 is 68.3. The summed E-state index contributed by atoms with van der Waals surface area (Å²) in [6, 6.07) is 7.25. The first-order chi connectivity index (χ1) is 19.3. The Morgan fingerprint density at radius 2 is 1.93 bits per heavy atom. The topological polar surface area (TPSA) is 101 Å². The number of nitrogens with zero attached hydrogens (tertiary/aromatic N) is 3. The molecule has 2 aromatic carbocycles. The predicted octanol–water partition coefficient (Wildman–Crippen LogP) is 5.65. The monoisotopic (exact) mass is 626 g/mol. The normalized spacial score (nSPS) is 16.6. The highest BCUT2D eigenvalue weighted by Gasteiger charge is 2.48. The Kier molecular flexibility index (Phi) is 8.03. The lowest BCUT2D eigenvalue weighted by Gasteiger charge is -2.55. The zero-order chi connectivity index (χ0) is 29.6. The molecule has 0 saturated carbocycles. The van der Waals surface area contributed by atoms with Crippen molar-refractivity contribution in [1.29, 1.82) is 0 Å². The third kappa shape index (κ3) is 6.19. The van der Waals surface area contributed by atoms with Gasteiger partial charge >= 0.3 is 6.09 Å². The molecule has 0 atom stereocenters. The van der Waals surface area contributed by atoms with Crippen molar-refractivity contribution in [3.05, 3.63) is 69.0 Å². The van der Waals surface area contributed by atoms with Crippen molar-refractivity contribution in [3.63, 3.8) is 0 Å². The molecule has 3 aromatic rings. The zero-order valence-corrected chi connectivity index (χ0v) is 25.0. The van der Waals surface area contributed by atoms with E-state index in [4.69, 9.17) is 21.1 Å². The van der Waals surface area contributed by atoms with Gasteiger partial charge in [0.05, 0.1) is 18.7 Å². The Balaban J connectivity index is 1.36. The maximum Gasteiger partial charge on any atom is 0.430 e. The highest BCUT2D eigenvalue weighted by molar-refractivity contribution is 7.93. The van der Waals surface area contributed by atoms with Crippen molar-refractivity contribution in [2.75, 3.05) is 35.9 Å². The van der Waals surface area contributed by atoms with Crippen molar-refractivity contribution in [2.24, 2.45) is 5.41 Å². The van der Waals surface area contributed by atoms with Crippen molar-refractivity contribution >= 4 is 50.6 Å². The van der Waals surface area contributed by atoms with Crippen molar-refractivity contribution in [2.45, 2.75) is 44.4 Å². The number of sulfonamides is 1. The van der Waals surface area contributed by atoms with Gasteiger partial charge in [0.1, 0.15) is 17.2 Å². The van der Waals surface area contributed by atoms with Gasteiger partial charge in [-0.1, -0.05) is 23.7 Å². The zero-order valence-electron chi connectivity index (χ0n) is 22.6. The van der Waals surface area contributed by atoms with E-state index in [0.29, 0.717) is 11.6 Å². The first kappa shape index (κ1) is 29.6. The molecule has 1 amide bonds. The van der Waals surface area contributed by atoms with E-state index in [1.807, 2.05) is 12.1 Å². The van der Waals surface area contributed by atoms with Crippen LogP contribution in [0.3, 0.4) is 0 Å². The van der Waals surface area contributed by atoms with Crippen LogP contribution in [0.15, 0.2) is 46.1 Å². The molecule has 0 bridgehead atoms. The number of aromatic nitrogens is 1. The number of likely N-dealkylation sites (tertiary alicyclic amines) is 1. The van der Waals surface area contributed by atoms with Crippen molar-refractivity contribution in [3.8, 4) is 0 Å². The van der Waals surface area contributed by atoms with Gasteiger partial charge in [-0.3, -0.25) is 4.90 Å². The maximum atomic E-state index is 15.3. The van der Waals surface area contributed by atoms with Crippen LogP contribution in [0.5, 0.6) is 0 Å². The molecule has 1 aromatic heterocycles. The highest BCUT2D eigenvalue weighted by Crippen LogP contribution is 2.39. The number of ether oxygens (including phenoxy) is 2. The molecule has 1 spiro atoms. The summed E-state index contributed by atoms with van der Waals surface area (Å²) >= 11 is 7.48. The van der Waals surface area contributed by atoms with Gasteiger partial charge in [-0.25, -0.2) is 27.0 Å². The van der Waals surface area contributed by atoms with Gasteiger partial charge in [0.25, 0.3) is 10.0 Å². The molecule has 2 aliphatic heterocycles. The highest BCUT2D eigenvalue weighted by atomic mass is 35.5. The first-order valence-electron chi connectivity index (χ1n) is 12.7. The number of carbonyl (C=O) groups is 1. The number of hydrogen-bond donors (Lipinski definition) is 1. The van der Waals surface area contributed by atoms with Crippen LogP contribution in [0.4, 0.5) is 25.1 Å². The molecule has 41 heavy (non-hydrogen) atoms. The van der Waals surface area contributed by atoms with Gasteiger partial charge in [-0.15, -0.1) is 15.6 Å². The Morgan fingerprint density at radius 1 is 1.24 bits per heavy atom. The van der Waals surface area contributed by atoms with E-state index in [9.17, 15) is 13.2 Å². The van der Waals surface area contributed by atoms with Gasteiger partial charge in [0, 0.05) is 47.7 Å². The fourth-order valence-electron chi connectivity index (χ4n) is 4.89. The number of thiazole rings is 1. The Morgan fingerprint density at radius 3 is 2.49 bits per heavy atom. The maximum absolute atomic E-state index is 15.3. The summed E-state index contributed by atoms with van der Waals surface area (Å²) in [4.78, 5) is 17.7. The summed E-state index contributed by atoms with van der Waals surface area (Å²) in [6.07, 6.45) is -1.34. The lowest BCUT2D eigenvalue weighted by molar-refractivity contribution is -0.191. The smallest absolute Gasteiger partial charge is 0.430 e. The average Bonchev–Trinajstić information content (AvgIpc) is 3.31. The molecule has 220 valence electrons. The summed E-state index contributed by atoms with van der Waals surface area (Å²) in [6.45, 7) is 8.82. The van der Waals surface area contributed by atoms with E-state index < -0.39 is 38.2 Å². The van der Waals surface area contributed by atoms with Crippen LogP contribution in [-0.2, 0) is 32.6 Å². The molecule has 5 rings (SSSR count). The van der Waals surface area contributed by atoms with Crippen molar-refractivity contribution < 1.29 is 31.5 Å². The number of anilines is 2. The van der Waals surface area contributed by atoms with E-state index >= 15 is 8.78 Å². The minimum atomic E-state index is -5.08. The van der Waals surface area contributed by atoms with Gasteiger partial charge in [0.15, 0.2) is 10.7 Å². The molecule has 2 saturated heterocycles. The minimum absolute atomic E-state index is 0.00295. The summed E-state index contributed by atoms with van der Waals surface area (Å²) in [5.41, 5.74) is 2.19. The molecule has 3 heterocycles. The van der Waals surface area contributed by atoms with Crippen LogP contribution in [0.2, 0.25) is 5.02 Å². The third-order valence-electron chi connectivity index (χ3n) is 6.70. The summed E-state index contributed by atoms with van der Waals surface area (Å²) in [5, 5.41) is 4.70. The second-order valence-corrected chi connectivity index (χ2v) is 14.1. The molecule has 2 fully saturated rings.